The van der Waals surface area contributed by atoms with Crippen molar-refractivity contribution in [2.24, 2.45) is 0 Å². The van der Waals surface area contributed by atoms with E-state index in [-0.39, 0.29) is 5.41 Å². The predicted molar refractivity (Wildman–Crippen MR) is 203 cm³/mol. The second kappa shape index (κ2) is 11.2. The van der Waals surface area contributed by atoms with Crippen molar-refractivity contribution in [2.75, 3.05) is 0 Å². The summed E-state index contributed by atoms with van der Waals surface area (Å²) in [5.41, 5.74) is 9.79. The van der Waals surface area contributed by atoms with E-state index >= 15 is 0 Å². The second-order valence-corrected chi connectivity index (χ2v) is 13.7. The Balaban J connectivity index is 0.981. The lowest BCUT2D eigenvalue weighted by Crippen LogP contribution is -2.15. The molecule has 10 rings (SSSR count). The van der Waals surface area contributed by atoms with Gasteiger partial charge < -0.3 is 9.47 Å². The van der Waals surface area contributed by atoms with Crippen LogP contribution in [-0.4, -0.2) is 15.0 Å². The van der Waals surface area contributed by atoms with Gasteiger partial charge in [-0.3, -0.25) is 0 Å². The van der Waals surface area contributed by atoms with Crippen LogP contribution in [0.4, 0.5) is 0 Å². The van der Waals surface area contributed by atoms with Gasteiger partial charge in [0.05, 0.1) is 0 Å². The number of ether oxygens (including phenoxy) is 2. The number of rotatable bonds is 4. The minimum absolute atomic E-state index is 0.108. The van der Waals surface area contributed by atoms with Crippen molar-refractivity contribution in [3.05, 3.63) is 163 Å². The van der Waals surface area contributed by atoms with E-state index < -0.39 is 0 Å². The maximum atomic E-state index is 6.53. The maximum Gasteiger partial charge on any atom is 0.170 e. The van der Waals surface area contributed by atoms with Crippen molar-refractivity contribution >= 4 is 10.8 Å². The van der Waals surface area contributed by atoms with Crippen LogP contribution in [0.25, 0.3) is 67.2 Å². The highest BCUT2D eigenvalue weighted by molar-refractivity contribution is 5.87. The first kappa shape index (κ1) is 29.3. The van der Waals surface area contributed by atoms with E-state index in [4.69, 9.17) is 24.4 Å². The Labute approximate surface area is 295 Å². The summed E-state index contributed by atoms with van der Waals surface area (Å²) in [6.45, 7) is 4.54. The summed E-state index contributed by atoms with van der Waals surface area (Å²) in [5.74, 6) is 4.77. The topological polar surface area (TPSA) is 57.1 Å². The summed E-state index contributed by atoms with van der Waals surface area (Å²) in [7, 11) is 0. The fourth-order valence-corrected chi connectivity index (χ4v) is 7.45. The summed E-state index contributed by atoms with van der Waals surface area (Å²) < 4.78 is 13.0. The van der Waals surface area contributed by atoms with Crippen LogP contribution in [0.5, 0.6) is 23.0 Å². The maximum absolute atomic E-state index is 6.53. The SMILES string of the molecule is CC1(C)c2ccccc2-c2cc3c(cc21)Oc1ccc(-c2ccc(-c4nc(-c5ccccc5)nc(-c5ccc6ccccc6c5)n4)cc2)cc1O3. The Hall–Kier alpha value is -6.59. The van der Waals surface area contributed by atoms with Crippen LogP contribution in [0.15, 0.2) is 152 Å². The molecule has 0 bridgehead atoms. The zero-order valence-corrected chi connectivity index (χ0v) is 28.1. The first-order valence-electron chi connectivity index (χ1n) is 17.2. The van der Waals surface area contributed by atoms with Crippen molar-refractivity contribution in [3.8, 4) is 79.4 Å². The molecule has 0 fully saturated rings. The minimum atomic E-state index is -0.108. The largest absolute Gasteiger partial charge is 0.450 e. The number of nitrogens with zero attached hydrogens (tertiary/aromatic N) is 3. The number of benzene rings is 7. The standard InChI is InChI=1S/C46H31N3O2/c1-46(2)37-15-9-8-14-35(37)36-26-41-42(27-38(36)46)50-39-23-22-33(25-40(39)51-41)29-16-19-31(20-17-29)44-47-43(30-11-4-3-5-12-30)48-45(49-44)34-21-18-28-10-6-7-13-32(28)24-34/h3-27H,1-2H3. The van der Waals surface area contributed by atoms with Gasteiger partial charge >= 0.3 is 0 Å². The Kier molecular flexibility index (Phi) is 6.46. The molecule has 0 spiro atoms. The van der Waals surface area contributed by atoms with Gasteiger partial charge in [0.15, 0.2) is 40.5 Å². The van der Waals surface area contributed by atoms with Gasteiger partial charge in [0.25, 0.3) is 0 Å². The van der Waals surface area contributed by atoms with E-state index in [9.17, 15) is 0 Å². The molecule has 5 nitrogen and oxygen atoms in total. The molecule has 1 aliphatic carbocycles. The third-order valence-corrected chi connectivity index (χ3v) is 10.2. The van der Waals surface area contributed by atoms with Gasteiger partial charge in [-0.15, -0.1) is 0 Å². The molecule has 0 radical (unpaired) electrons. The quantitative estimate of drug-likeness (QED) is 0.188. The van der Waals surface area contributed by atoms with Crippen LogP contribution in [0.3, 0.4) is 0 Å². The molecule has 0 saturated heterocycles. The first-order valence-corrected chi connectivity index (χ1v) is 17.2. The van der Waals surface area contributed by atoms with E-state index in [1.54, 1.807) is 0 Å². The van der Waals surface area contributed by atoms with E-state index in [0.29, 0.717) is 29.0 Å². The molecule has 0 amide bonds. The molecular weight excluding hydrogens is 627 g/mol. The normalized spacial score (nSPS) is 13.4. The van der Waals surface area contributed by atoms with Gasteiger partial charge in [0.2, 0.25) is 0 Å². The highest BCUT2D eigenvalue weighted by Crippen LogP contribution is 2.55. The van der Waals surface area contributed by atoms with E-state index in [1.807, 2.05) is 48.5 Å². The molecule has 0 N–H and O–H groups in total. The van der Waals surface area contributed by atoms with Crippen LogP contribution in [0, 0.1) is 0 Å². The first-order chi connectivity index (χ1) is 25.0. The molecule has 1 aromatic heterocycles. The number of aromatic nitrogens is 3. The van der Waals surface area contributed by atoms with Crippen LogP contribution in [0.1, 0.15) is 25.0 Å². The molecule has 8 aromatic rings. The van der Waals surface area contributed by atoms with Gasteiger partial charge in [-0.25, -0.2) is 15.0 Å². The lowest BCUT2D eigenvalue weighted by molar-refractivity contribution is 0.359. The average molecular weight is 658 g/mol. The molecule has 0 saturated carbocycles. The van der Waals surface area contributed by atoms with Gasteiger partial charge in [-0.1, -0.05) is 135 Å². The van der Waals surface area contributed by atoms with Gasteiger partial charge in [-0.2, -0.15) is 0 Å². The highest BCUT2D eigenvalue weighted by Gasteiger charge is 2.37. The Morgan fingerprint density at radius 2 is 0.941 bits per heavy atom. The van der Waals surface area contributed by atoms with Crippen LogP contribution >= 0.6 is 0 Å². The smallest absolute Gasteiger partial charge is 0.170 e. The van der Waals surface area contributed by atoms with Crippen LogP contribution < -0.4 is 9.47 Å². The molecular formula is C46H31N3O2. The third kappa shape index (κ3) is 4.89. The second-order valence-electron chi connectivity index (χ2n) is 13.7. The molecule has 2 aliphatic rings. The highest BCUT2D eigenvalue weighted by atomic mass is 16.6. The molecule has 7 aromatic carbocycles. The summed E-state index contributed by atoms with van der Waals surface area (Å²) in [5, 5.41) is 2.32. The Bertz CT molecular complexity index is 2670. The number of fused-ring (bicyclic) bond motifs is 6. The Morgan fingerprint density at radius 1 is 0.373 bits per heavy atom. The average Bonchev–Trinajstić information content (AvgIpc) is 3.41. The van der Waals surface area contributed by atoms with Gasteiger partial charge in [-0.05, 0) is 74.5 Å². The Morgan fingerprint density at radius 3 is 1.75 bits per heavy atom. The fraction of sp³-hybridized carbons (Fsp3) is 0.0652. The molecule has 1 aliphatic heterocycles. The lowest BCUT2D eigenvalue weighted by Gasteiger charge is -2.25. The monoisotopic (exact) mass is 657 g/mol. The van der Waals surface area contributed by atoms with Gasteiger partial charge in [0.1, 0.15) is 0 Å². The zero-order valence-electron chi connectivity index (χ0n) is 28.1. The van der Waals surface area contributed by atoms with Gasteiger partial charge in [0, 0.05) is 22.1 Å². The summed E-state index contributed by atoms with van der Waals surface area (Å²) in [6.07, 6.45) is 0. The zero-order chi connectivity index (χ0) is 34.1. The summed E-state index contributed by atoms with van der Waals surface area (Å²) in [6, 6.07) is 52.0. The van der Waals surface area contributed by atoms with E-state index in [2.05, 4.69) is 117 Å². The molecule has 242 valence electrons. The number of hydrogen-bond donors (Lipinski definition) is 0. The molecule has 0 atom stereocenters. The molecule has 51 heavy (non-hydrogen) atoms. The van der Waals surface area contributed by atoms with E-state index in [1.165, 1.54) is 27.6 Å². The summed E-state index contributed by atoms with van der Waals surface area (Å²) in [4.78, 5) is 14.8. The molecule has 2 heterocycles. The van der Waals surface area contributed by atoms with Crippen molar-refractivity contribution in [1.29, 1.82) is 0 Å². The molecule has 5 heteroatoms. The van der Waals surface area contributed by atoms with Crippen molar-refractivity contribution in [1.82, 2.24) is 15.0 Å². The molecule has 0 unspecified atom stereocenters. The predicted octanol–water partition coefficient (Wildman–Crippen LogP) is 11.9. The van der Waals surface area contributed by atoms with Crippen molar-refractivity contribution in [3.63, 3.8) is 0 Å². The van der Waals surface area contributed by atoms with Crippen LogP contribution in [0.2, 0.25) is 0 Å². The number of hydrogen-bond acceptors (Lipinski definition) is 5. The van der Waals surface area contributed by atoms with Crippen molar-refractivity contribution < 1.29 is 9.47 Å². The fourth-order valence-electron chi connectivity index (χ4n) is 7.45. The van der Waals surface area contributed by atoms with E-state index in [0.717, 1.165) is 44.7 Å². The van der Waals surface area contributed by atoms with Crippen LogP contribution in [-0.2, 0) is 5.41 Å². The summed E-state index contributed by atoms with van der Waals surface area (Å²) >= 11 is 0. The lowest BCUT2D eigenvalue weighted by atomic mass is 9.82. The minimum Gasteiger partial charge on any atom is -0.450 e. The third-order valence-electron chi connectivity index (χ3n) is 10.2. The van der Waals surface area contributed by atoms with Crippen molar-refractivity contribution in [2.45, 2.75) is 19.3 Å².